The van der Waals surface area contributed by atoms with E-state index in [1.165, 1.54) is 34.1 Å². The molecule has 9 heteroatoms. The highest BCUT2D eigenvalue weighted by atomic mass is 19.2. The number of carbonyl (C=O) groups excluding carboxylic acids is 2. The van der Waals surface area contributed by atoms with Crippen molar-refractivity contribution in [1.82, 2.24) is 9.80 Å². The van der Waals surface area contributed by atoms with Crippen LogP contribution in [0, 0.1) is 21.7 Å². The quantitative estimate of drug-likeness (QED) is 0.609. The minimum absolute atomic E-state index is 0.0112. The maximum absolute atomic E-state index is 13.3. The van der Waals surface area contributed by atoms with E-state index in [9.17, 15) is 28.5 Å². The van der Waals surface area contributed by atoms with Gasteiger partial charge in [0.1, 0.15) is 5.56 Å². The summed E-state index contributed by atoms with van der Waals surface area (Å²) in [5, 5.41) is 11.1. The van der Waals surface area contributed by atoms with Crippen LogP contribution in [-0.2, 0) is 0 Å². The van der Waals surface area contributed by atoms with Crippen molar-refractivity contribution in [2.24, 2.45) is 0 Å². The summed E-state index contributed by atoms with van der Waals surface area (Å²) in [5.74, 6) is -3.09. The largest absolute Gasteiger partial charge is 0.335 e. The highest BCUT2D eigenvalue weighted by Gasteiger charge is 2.29. The summed E-state index contributed by atoms with van der Waals surface area (Å²) in [7, 11) is 0. The lowest BCUT2D eigenvalue weighted by molar-refractivity contribution is -0.385. The molecular formula is C18H15F2N3O4. The van der Waals surface area contributed by atoms with Crippen molar-refractivity contribution in [2.45, 2.75) is 0 Å². The fourth-order valence-corrected chi connectivity index (χ4v) is 2.91. The molecule has 0 saturated carbocycles. The third-order valence-electron chi connectivity index (χ3n) is 4.35. The van der Waals surface area contributed by atoms with E-state index in [2.05, 4.69) is 0 Å². The van der Waals surface area contributed by atoms with Crippen molar-refractivity contribution in [3.05, 3.63) is 75.3 Å². The van der Waals surface area contributed by atoms with Crippen LogP contribution in [0.25, 0.3) is 0 Å². The summed E-state index contributed by atoms with van der Waals surface area (Å²) in [5.41, 5.74) is -0.266. The van der Waals surface area contributed by atoms with Gasteiger partial charge in [-0.25, -0.2) is 8.78 Å². The zero-order valence-corrected chi connectivity index (χ0v) is 14.1. The third-order valence-corrected chi connectivity index (χ3v) is 4.35. The van der Waals surface area contributed by atoms with Crippen molar-refractivity contribution in [3.63, 3.8) is 0 Å². The lowest BCUT2D eigenvalue weighted by Crippen LogP contribution is -2.50. The number of rotatable bonds is 3. The maximum atomic E-state index is 13.3. The van der Waals surface area contributed by atoms with Gasteiger partial charge >= 0.3 is 0 Å². The summed E-state index contributed by atoms with van der Waals surface area (Å²) in [4.78, 5) is 38.3. The van der Waals surface area contributed by atoms with E-state index in [0.29, 0.717) is 0 Å². The summed E-state index contributed by atoms with van der Waals surface area (Å²) in [6.07, 6.45) is 0. The lowest BCUT2D eigenvalue weighted by Gasteiger charge is -2.34. The Hall–Kier alpha value is -3.36. The average molecular weight is 375 g/mol. The molecule has 7 nitrogen and oxygen atoms in total. The first-order valence-corrected chi connectivity index (χ1v) is 8.15. The summed E-state index contributed by atoms with van der Waals surface area (Å²) in [6, 6.07) is 8.59. The fraction of sp³-hybridized carbons (Fsp3) is 0.222. The number of hydrogen-bond donors (Lipinski definition) is 0. The highest BCUT2D eigenvalue weighted by Crippen LogP contribution is 2.21. The van der Waals surface area contributed by atoms with E-state index in [1.807, 2.05) is 0 Å². The van der Waals surface area contributed by atoms with Crippen LogP contribution < -0.4 is 0 Å². The zero-order valence-electron chi connectivity index (χ0n) is 14.1. The Morgan fingerprint density at radius 1 is 0.889 bits per heavy atom. The number of nitro benzene ring substituents is 1. The lowest BCUT2D eigenvalue weighted by atomic mass is 10.1. The minimum Gasteiger partial charge on any atom is -0.335 e. The van der Waals surface area contributed by atoms with Crippen LogP contribution in [0.15, 0.2) is 42.5 Å². The molecule has 0 radical (unpaired) electrons. The van der Waals surface area contributed by atoms with Crippen LogP contribution in [0.2, 0.25) is 0 Å². The second-order valence-electron chi connectivity index (χ2n) is 5.99. The molecule has 1 saturated heterocycles. The Balaban J connectivity index is 1.68. The molecule has 0 bridgehead atoms. The Labute approximate surface area is 152 Å². The zero-order chi connectivity index (χ0) is 19.6. The molecule has 1 heterocycles. The summed E-state index contributed by atoms with van der Waals surface area (Å²) < 4.78 is 26.3. The van der Waals surface area contributed by atoms with E-state index in [1.54, 1.807) is 6.07 Å². The van der Waals surface area contributed by atoms with Gasteiger partial charge in [-0.15, -0.1) is 0 Å². The van der Waals surface area contributed by atoms with Crippen LogP contribution in [-0.4, -0.2) is 52.7 Å². The van der Waals surface area contributed by atoms with Gasteiger partial charge in [0.2, 0.25) is 0 Å². The number of nitrogens with zero attached hydrogens (tertiary/aromatic N) is 3. The summed E-state index contributed by atoms with van der Waals surface area (Å²) >= 11 is 0. The van der Waals surface area contributed by atoms with E-state index in [0.717, 1.165) is 12.1 Å². The summed E-state index contributed by atoms with van der Waals surface area (Å²) in [6.45, 7) is 0.731. The molecule has 2 aromatic rings. The Morgan fingerprint density at radius 2 is 1.48 bits per heavy atom. The molecule has 0 aromatic heterocycles. The van der Waals surface area contributed by atoms with E-state index in [4.69, 9.17) is 0 Å². The van der Waals surface area contributed by atoms with Gasteiger partial charge < -0.3 is 9.80 Å². The molecule has 2 aromatic carbocycles. The van der Waals surface area contributed by atoms with Gasteiger partial charge in [-0.1, -0.05) is 12.1 Å². The number of nitro groups is 1. The van der Waals surface area contributed by atoms with Gasteiger partial charge in [-0.3, -0.25) is 19.7 Å². The molecule has 0 unspecified atom stereocenters. The number of carbonyl (C=O) groups is 2. The van der Waals surface area contributed by atoms with Gasteiger partial charge in [0.05, 0.1) is 4.92 Å². The van der Waals surface area contributed by atoms with Gasteiger partial charge in [-0.2, -0.15) is 0 Å². The standard InChI is InChI=1S/C18H15F2N3O4/c19-14-6-5-12(11-15(14)20)17(24)21-7-9-22(10-8-21)18(25)13-3-1-2-4-16(13)23(26)27/h1-6,11H,7-10H2. The predicted octanol–water partition coefficient (Wildman–Crippen LogP) is 2.47. The Bertz CT molecular complexity index is 911. The van der Waals surface area contributed by atoms with Crippen molar-refractivity contribution >= 4 is 17.5 Å². The molecule has 140 valence electrons. The van der Waals surface area contributed by atoms with Crippen molar-refractivity contribution in [2.75, 3.05) is 26.2 Å². The number of piperazine rings is 1. The van der Waals surface area contributed by atoms with Gasteiger partial charge in [0.25, 0.3) is 17.5 Å². The Kier molecular flexibility index (Phi) is 5.11. The second kappa shape index (κ2) is 7.48. The normalized spacial score (nSPS) is 14.1. The number of para-hydroxylation sites is 1. The van der Waals surface area contributed by atoms with Crippen molar-refractivity contribution in [3.8, 4) is 0 Å². The number of hydrogen-bond acceptors (Lipinski definition) is 4. The topological polar surface area (TPSA) is 83.8 Å². The molecule has 3 rings (SSSR count). The maximum Gasteiger partial charge on any atom is 0.282 e. The molecule has 0 N–H and O–H groups in total. The predicted molar refractivity (Wildman–Crippen MR) is 91.3 cm³/mol. The van der Waals surface area contributed by atoms with Crippen molar-refractivity contribution < 1.29 is 23.3 Å². The van der Waals surface area contributed by atoms with Gasteiger partial charge in [0.15, 0.2) is 11.6 Å². The van der Waals surface area contributed by atoms with Crippen molar-refractivity contribution in [1.29, 1.82) is 0 Å². The molecule has 2 amide bonds. The fourth-order valence-electron chi connectivity index (χ4n) is 2.91. The molecule has 1 aliphatic heterocycles. The molecule has 0 spiro atoms. The Morgan fingerprint density at radius 3 is 2.07 bits per heavy atom. The van der Waals surface area contributed by atoms with Gasteiger partial charge in [0, 0.05) is 37.8 Å². The second-order valence-corrected chi connectivity index (χ2v) is 5.99. The first-order chi connectivity index (χ1) is 12.9. The average Bonchev–Trinajstić information content (AvgIpc) is 2.69. The van der Waals surface area contributed by atoms with E-state index >= 15 is 0 Å². The molecular weight excluding hydrogens is 360 g/mol. The van der Waals surface area contributed by atoms with Crippen LogP contribution >= 0.6 is 0 Å². The van der Waals surface area contributed by atoms with E-state index < -0.39 is 28.4 Å². The number of halogens is 2. The molecule has 0 aliphatic carbocycles. The third kappa shape index (κ3) is 3.76. The first kappa shape index (κ1) is 18.4. The molecule has 1 fully saturated rings. The molecule has 0 atom stereocenters. The van der Waals surface area contributed by atoms with Crippen LogP contribution in [0.5, 0.6) is 0 Å². The molecule has 27 heavy (non-hydrogen) atoms. The number of amides is 2. The SMILES string of the molecule is O=C(c1ccc(F)c(F)c1)N1CCN(C(=O)c2ccccc2[N+](=O)[O-])CC1. The monoisotopic (exact) mass is 375 g/mol. The van der Waals surface area contributed by atoms with Crippen LogP contribution in [0.3, 0.4) is 0 Å². The number of benzene rings is 2. The highest BCUT2D eigenvalue weighted by molar-refractivity contribution is 5.98. The van der Waals surface area contributed by atoms with Crippen LogP contribution in [0.1, 0.15) is 20.7 Å². The van der Waals surface area contributed by atoms with Crippen LogP contribution in [0.4, 0.5) is 14.5 Å². The van der Waals surface area contributed by atoms with E-state index in [-0.39, 0.29) is 43.0 Å². The smallest absolute Gasteiger partial charge is 0.282 e. The molecule has 1 aliphatic rings. The minimum atomic E-state index is -1.11. The van der Waals surface area contributed by atoms with Gasteiger partial charge in [-0.05, 0) is 24.3 Å². The first-order valence-electron chi connectivity index (χ1n) is 8.15.